The number of hydrogen-bond donors (Lipinski definition) is 1. The Hall–Kier alpha value is -3.10. The molecule has 2 aromatic heterocycles. The van der Waals surface area contributed by atoms with Crippen LogP contribution in [-0.2, 0) is 0 Å². The Morgan fingerprint density at radius 3 is 2.69 bits per heavy atom. The topological polar surface area (TPSA) is 77.8 Å². The molecule has 162 valence electrons. The quantitative estimate of drug-likeness (QED) is 0.380. The summed E-state index contributed by atoms with van der Waals surface area (Å²) >= 11 is 8.39. The number of para-hydroxylation sites is 2. The highest BCUT2D eigenvalue weighted by Gasteiger charge is 2.30. The first-order valence-electron chi connectivity index (χ1n) is 10.4. The molecular weight excluding hydrogens is 444 g/mol. The molecule has 32 heavy (non-hydrogen) atoms. The van der Waals surface area contributed by atoms with E-state index in [1.54, 1.807) is 16.4 Å². The lowest BCUT2D eigenvalue weighted by molar-refractivity contribution is 0.224. The first kappa shape index (κ1) is 20.8. The van der Waals surface area contributed by atoms with Gasteiger partial charge in [0, 0.05) is 17.0 Å². The van der Waals surface area contributed by atoms with Crippen molar-refractivity contribution in [1.29, 1.82) is 0 Å². The van der Waals surface area contributed by atoms with Gasteiger partial charge in [-0.05, 0) is 31.5 Å². The van der Waals surface area contributed by atoms with Crippen LogP contribution in [0.2, 0.25) is 5.15 Å². The molecule has 0 radical (unpaired) electrons. The summed E-state index contributed by atoms with van der Waals surface area (Å²) in [6, 6.07) is 17.7. The minimum Gasteiger partial charge on any atom is -0.447 e. The van der Waals surface area contributed by atoms with E-state index >= 15 is 0 Å². The van der Waals surface area contributed by atoms with E-state index in [4.69, 9.17) is 16.3 Å². The second kappa shape index (κ2) is 8.80. The second-order valence-electron chi connectivity index (χ2n) is 7.32. The lowest BCUT2D eigenvalue weighted by Gasteiger charge is -2.19. The lowest BCUT2D eigenvalue weighted by Crippen LogP contribution is -2.18. The average molecular weight is 465 g/mol. The van der Waals surface area contributed by atoms with Gasteiger partial charge in [0.15, 0.2) is 5.69 Å². The number of benzene rings is 2. The van der Waals surface area contributed by atoms with Crippen LogP contribution in [0.4, 0.5) is 5.69 Å². The number of thioether (sulfide) groups is 1. The summed E-state index contributed by atoms with van der Waals surface area (Å²) in [6.45, 7) is 4.04. The van der Waals surface area contributed by atoms with E-state index in [2.05, 4.69) is 32.5 Å². The molecule has 4 aromatic rings. The number of halogens is 1. The molecule has 1 atom stereocenters. The zero-order valence-corrected chi connectivity index (χ0v) is 19.2. The number of hydrogen-bond acceptors (Lipinski definition) is 7. The van der Waals surface area contributed by atoms with E-state index in [-0.39, 0.29) is 0 Å². The van der Waals surface area contributed by atoms with Gasteiger partial charge in [0.25, 0.3) is 0 Å². The monoisotopic (exact) mass is 464 g/mol. The highest BCUT2D eigenvalue weighted by atomic mass is 35.5. The average Bonchev–Trinajstić information content (AvgIpc) is 3.02. The Morgan fingerprint density at radius 2 is 1.88 bits per heavy atom. The third-order valence-electron chi connectivity index (χ3n) is 5.08. The minimum atomic E-state index is -0.594. The molecule has 1 aliphatic rings. The van der Waals surface area contributed by atoms with E-state index in [9.17, 15) is 0 Å². The Balaban J connectivity index is 1.61. The van der Waals surface area contributed by atoms with Crippen molar-refractivity contribution < 1.29 is 4.74 Å². The van der Waals surface area contributed by atoms with E-state index in [1.807, 2.05) is 61.5 Å². The van der Waals surface area contributed by atoms with E-state index in [0.717, 1.165) is 40.4 Å². The Labute approximate surface area is 195 Å². The van der Waals surface area contributed by atoms with Crippen LogP contribution in [0.3, 0.4) is 0 Å². The van der Waals surface area contributed by atoms with Gasteiger partial charge in [-0.15, -0.1) is 10.2 Å². The van der Waals surface area contributed by atoms with Gasteiger partial charge >= 0.3 is 0 Å². The molecule has 5 rings (SSSR count). The molecule has 1 aliphatic heterocycles. The number of nitrogens with one attached hydrogen (secondary N) is 1. The van der Waals surface area contributed by atoms with Crippen LogP contribution in [0.1, 0.15) is 30.8 Å². The number of ether oxygens (including phenoxy) is 1. The zero-order valence-electron chi connectivity index (χ0n) is 17.6. The fourth-order valence-corrected chi connectivity index (χ4v) is 4.59. The fourth-order valence-electron chi connectivity index (χ4n) is 3.58. The molecule has 0 unspecified atom stereocenters. The highest BCUT2D eigenvalue weighted by molar-refractivity contribution is 7.99. The zero-order chi connectivity index (χ0) is 22.1. The molecule has 0 fully saturated rings. The molecule has 0 bridgehead atoms. The van der Waals surface area contributed by atoms with Crippen LogP contribution in [-0.4, -0.2) is 30.7 Å². The number of rotatable bonds is 5. The maximum atomic E-state index is 6.83. The highest BCUT2D eigenvalue weighted by Crippen LogP contribution is 2.41. The number of anilines is 1. The van der Waals surface area contributed by atoms with Gasteiger partial charge in [-0.1, -0.05) is 66.7 Å². The van der Waals surface area contributed by atoms with E-state index in [0.29, 0.717) is 21.9 Å². The van der Waals surface area contributed by atoms with Crippen molar-refractivity contribution in [3.05, 3.63) is 71.0 Å². The molecule has 7 nitrogen and oxygen atoms in total. The standard InChI is InChI=1S/C23H21ClN6OS/c1-3-13-32-23-26-22-19(27-28-23)16-11-7-8-12-17(16)25-21(31-22)18-14(2)29-30(20(18)24)15-9-5-4-6-10-15/h4-12,21,25H,3,13H2,1-2H3/t21-/m0/s1. The van der Waals surface area contributed by atoms with Gasteiger partial charge in [-0.25, -0.2) is 4.68 Å². The minimum absolute atomic E-state index is 0.420. The van der Waals surface area contributed by atoms with Gasteiger partial charge in [0.1, 0.15) is 5.15 Å². The van der Waals surface area contributed by atoms with Crippen LogP contribution in [0, 0.1) is 6.92 Å². The van der Waals surface area contributed by atoms with Crippen LogP contribution >= 0.6 is 23.4 Å². The summed E-state index contributed by atoms with van der Waals surface area (Å²) in [7, 11) is 0. The maximum absolute atomic E-state index is 6.83. The molecule has 0 aliphatic carbocycles. The molecule has 9 heteroatoms. The van der Waals surface area contributed by atoms with Crippen LogP contribution in [0.15, 0.2) is 59.8 Å². The molecular formula is C23H21ClN6OS. The Kier molecular flexibility index (Phi) is 5.71. The summed E-state index contributed by atoms with van der Waals surface area (Å²) in [5.74, 6) is 1.33. The number of aryl methyl sites for hydroxylation is 1. The summed E-state index contributed by atoms with van der Waals surface area (Å²) in [5.41, 5.74) is 4.73. The van der Waals surface area contributed by atoms with Crippen molar-refractivity contribution >= 4 is 29.1 Å². The predicted molar refractivity (Wildman–Crippen MR) is 127 cm³/mol. The van der Waals surface area contributed by atoms with Gasteiger partial charge in [-0.3, -0.25) is 0 Å². The first-order chi connectivity index (χ1) is 15.7. The predicted octanol–water partition coefficient (Wildman–Crippen LogP) is 5.69. The third kappa shape index (κ3) is 3.80. The van der Waals surface area contributed by atoms with Crippen molar-refractivity contribution in [2.75, 3.05) is 11.1 Å². The summed E-state index contributed by atoms with van der Waals surface area (Å²) in [4.78, 5) is 4.67. The van der Waals surface area contributed by atoms with Crippen molar-refractivity contribution in [3.8, 4) is 22.8 Å². The molecule has 0 saturated carbocycles. The fraction of sp³-hybridized carbons (Fsp3) is 0.217. The van der Waals surface area contributed by atoms with Gasteiger partial charge in [0.2, 0.25) is 17.3 Å². The van der Waals surface area contributed by atoms with Gasteiger partial charge in [-0.2, -0.15) is 10.1 Å². The third-order valence-corrected chi connectivity index (χ3v) is 6.49. The van der Waals surface area contributed by atoms with Crippen molar-refractivity contribution in [3.63, 3.8) is 0 Å². The van der Waals surface area contributed by atoms with E-state index in [1.165, 1.54) is 0 Å². The number of aromatic nitrogens is 5. The smallest absolute Gasteiger partial charge is 0.247 e. The van der Waals surface area contributed by atoms with Gasteiger partial charge < -0.3 is 10.1 Å². The normalized spacial score (nSPS) is 14.7. The summed E-state index contributed by atoms with van der Waals surface area (Å²) in [5, 5.41) is 17.9. The summed E-state index contributed by atoms with van der Waals surface area (Å²) in [6.07, 6.45) is 0.426. The molecule has 0 spiro atoms. The van der Waals surface area contributed by atoms with Crippen molar-refractivity contribution in [1.82, 2.24) is 25.0 Å². The molecule has 1 N–H and O–H groups in total. The van der Waals surface area contributed by atoms with Crippen molar-refractivity contribution in [2.24, 2.45) is 0 Å². The summed E-state index contributed by atoms with van der Waals surface area (Å²) < 4.78 is 8.10. The molecule has 0 saturated heterocycles. The Morgan fingerprint density at radius 1 is 1.09 bits per heavy atom. The molecule has 3 heterocycles. The largest absolute Gasteiger partial charge is 0.447 e. The maximum Gasteiger partial charge on any atom is 0.247 e. The van der Waals surface area contributed by atoms with Crippen LogP contribution in [0.25, 0.3) is 16.9 Å². The van der Waals surface area contributed by atoms with E-state index < -0.39 is 6.23 Å². The second-order valence-corrected chi connectivity index (χ2v) is 8.74. The van der Waals surface area contributed by atoms with Gasteiger partial charge in [0.05, 0.1) is 16.9 Å². The van der Waals surface area contributed by atoms with Crippen molar-refractivity contribution in [2.45, 2.75) is 31.7 Å². The molecule has 0 amide bonds. The van der Waals surface area contributed by atoms with Crippen LogP contribution in [0.5, 0.6) is 5.88 Å². The first-order valence-corrected chi connectivity index (χ1v) is 11.7. The number of fused-ring (bicyclic) bond motifs is 3. The SMILES string of the molecule is CCCSc1nnc2c(n1)O[C@@H](c1c(C)nn(-c3ccccc3)c1Cl)Nc1ccccc1-2. The van der Waals surface area contributed by atoms with Crippen LogP contribution < -0.4 is 10.1 Å². The molecule has 2 aromatic carbocycles. The Bertz CT molecular complexity index is 1260. The lowest BCUT2D eigenvalue weighted by atomic mass is 10.1. The number of nitrogens with zero attached hydrogens (tertiary/aromatic N) is 5.